The van der Waals surface area contributed by atoms with Gasteiger partial charge < -0.3 is 19.7 Å². The van der Waals surface area contributed by atoms with E-state index < -0.39 is 40.2 Å². The van der Waals surface area contributed by atoms with Crippen LogP contribution >= 0.6 is 0 Å². The molecule has 1 unspecified atom stereocenters. The summed E-state index contributed by atoms with van der Waals surface area (Å²) in [5, 5.41) is 2.73. The lowest BCUT2D eigenvalue weighted by molar-refractivity contribution is -0.139. The van der Waals surface area contributed by atoms with Crippen molar-refractivity contribution in [2.45, 2.75) is 39.4 Å². The van der Waals surface area contributed by atoms with Crippen molar-refractivity contribution in [1.82, 2.24) is 10.2 Å². The lowest BCUT2D eigenvalue weighted by Crippen LogP contribution is -2.52. The maximum absolute atomic E-state index is 14.4. The highest BCUT2D eigenvalue weighted by atomic mass is 32.2. The van der Waals surface area contributed by atoms with Gasteiger partial charge in [0.15, 0.2) is 0 Å². The number of hydrogen-bond donors (Lipinski definition) is 1. The average molecular weight is 510 g/mol. The normalized spacial score (nSPS) is 12.1. The largest absolute Gasteiger partial charge is 0.497 e. The van der Waals surface area contributed by atoms with Crippen LogP contribution in [0.5, 0.6) is 11.5 Å². The van der Waals surface area contributed by atoms with Crippen molar-refractivity contribution in [1.29, 1.82) is 0 Å². The molecule has 9 nitrogen and oxygen atoms in total. The summed E-state index contributed by atoms with van der Waals surface area (Å²) in [6.45, 7) is 4.20. The van der Waals surface area contributed by atoms with Gasteiger partial charge in [-0.15, -0.1) is 0 Å². The molecule has 0 fully saturated rings. The van der Waals surface area contributed by atoms with Gasteiger partial charge in [0, 0.05) is 24.2 Å². The number of amides is 2. The van der Waals surface area contributed by atoms with Gasteiger partial charge in [-0.25, -0.2) is 12.8 Å². The second kappa shape index (κ2) is 11.9. The maximum atomic E-state index is 14.4. The van der Waals surface area contributed by atoms with Crippen molar-refractivity contribution in [3.8, 4) is 11.5 Å². The molecule has 0 bridgehead atoms. The number of halogens is 1. The van der Waals surface area contributed by atoms with E-state index in [9.17, 15) is 22.4 Å². The monoisotopic (exact) mass is 509 g/mol. The fourth-order valence-electron chi connectivity index (χ4n) is 3.38. The Morgan fingerprint density at radius 3 is 2.26 bits per heavy atom. The zero-order chi connectivity index (χ0) is 26.3. The molecule has 2 aromatic carbocycles. The topological polar surface area (TPSA) is 105 Å². The summed E-state index contributed by atoms with van der Waals surface area (Å²) >= 11 is 0. The Bertz CT molecular complexity index is 1160. The molecule has 0 saturated carbocycles. The number of carbonyl (C=O) groups is 2. The lowest BCUT2D eigenvalue weighted by atomic mass is 10.1. The summed E-state index contributed by atoms with van der Waals surface area (Å²) in [6.07, 6.45) is 0.958. The van der Waals surface area contributed by atoms with Gasteiger partial charge in [0.25, 0.3) is 0 Å². The SMILES string of the molecule is COc1ccc(N(CC(=O)N(Cc2ccccc2F)C(C)C(=O)NC(C)C)S(C)(=O)=O)c(OC)c1. The third-order valence-corrected chi connectivity index (χ3v) is 6.36. The summed E-state index contributed by atoms with van der Waals surface area (Å²) in [4.78, 5) is 27.4. The highest BCUT2D eigenvalue weighted by Crippen LogP contribution is 2.33. The molecule has 192 valence electrons. The van der Waals surface area contributed by atoms with Crippen LogP contribution in [0.3, 0.4) is 0 Å². The number of methoxy groups -OCH3 is 2. The summed E-state index contributed by atoms with van der Waals surface area (Å²) in [5.41, 5.74) is 0.312. The number of ether oxygens (including phenoxy) is 2. The minimum Gasteiger partial charge on any atom is -0.497 e. The van der Waals surface area contributed by atoms with Gasteiger partial charge in [0.2, 0.25) is 21.8 Å². The van der Waals surface area contributed by atoms with E-state index in [4.69, 9.17) is 9.47 Å². The van der Waals surface area contributed by atoms with Crippen molar-refractivity contribution in [2.24, 2.45) is 0 Å². The molecule has 2 rings (SSSR count). The number of nitrogens with one attached hydrogen (secondary N) is 1. The highest BCUT2D eigenvalue weighted by Gasteiger charge is 2.31. The first-order valence-electron chi connectivity index (χ1n) is 10.9. The van der Waals surface area contributed by atoms with Gasteiger partial charge in [-0.3, -0.25) is 13.9 Å². The molecule has 0 spiro atoms. The van der Waals surface area contributed by atoms with Crippen LogP contribution in [-0.4, -0.2) is 64.2 Å². The molecule has 2 amide bonds. The Morgan fingerprint density at radius 1 is 1.06 bits per heavy atom. The lowest BCUT2D eigenvalue weighted by Gasteiger charge is -2.32. The van der Waals surface area contributed by atoms with E-state index in [0.29, 0.717) is 5.75 Å². The van der Waals surface area contributed by atoms with Crippen LogP contribution in [0.15, 0.2) is 42.5 Å². The zero-order valence-electron chi connectivity index (χ0n) is 20.7. The van der Waals surface area contributed by atoms with E-state index in [1.54, 1.807) is 19.9 Å². The molecule has 35 heavy (non-hydrogen) atoms. The molecular weight excluding hydrogens is 477 g/mol. The van der Waals surface area contributed by atoms with Crippen molar-refractivity contribution < 1.29 is 31.9 Å². The van der Waals surface area contributed by atoms with Crippen molar-refractivity contribution in [3.05, 3.63) is 53.8 Å². The highest BCUT2D eigenvalue weighted by molar-refractivity contribution is 7.92. The number of anilines is 1. The van der Waals surface area contributed by atoms with Crippen LogP contribution in [0.25, 0.3) is 0 Å². The average Bonchev–Trinajstić information content (AvgIpc) is 2.79. The van der Waals surface area contributed by atoms with E-state index in [-0.39, 0.29) is 29.6 Å². The Kier molecular flexibility index (Phi) is 9.47. The van der Waals surface area contributed by atoms with Crippen molar-refractivity contribution >= 4 is 27.5 Å². The van der Waals surface area contributed by atoms with Gasteiger partial charge in [-0.05, 0) is 39.0 Å². The first-order valence-corrected chi connectivity index (χ1v) is 12.8. The van der Waals surface area contributed by atoms with E-state index in [1.165, 1.54) is 57.5 Å². The second-order valence-electron chi connectivity index (χ2n) is 8.26. The molecule has 0 aliphatic rings. The van der Waals surface area contributed by atoms with Crippen LogP contribution in [0.2, 0.25) is 0 Å². The van der Waals surface area contributed by atoms with Gasteiger partial charge in [0.1, 0.15) is 29.9 Å². The molecular formula is C24H32FN3O6S. The Labute approximate surface area is 205 Å². The summed E-state index contributed by atoms with van der Waals surface area (Å²) < 4.78 is 51.2. The van der Waals surface area contributed by atoms with Crippen LogP contribution in [0, 0.1) is 5.82 Å². The van der Waals surface area contributed by atoms with Crippen molar-refractivity contribution in [2.75, 3.05) is 31.3 Å². The van der Waals surface area contributed by atoms with Gasteiger partial charge >= 0.3 is 0 Å². The molecule has 1 N–H and O–H groups in total. The smallest absolute Gasteiger partial charge is 0.244 e. The molecule has 0 aromatic heterocycles. The fraction of sp³-hybridized carbons (Fsp3) is 0.417. The fourth-order valence-corrected chi connectivity index (χ4v) is 4.24. The third kappa shape index (κ3) is 7.32. The number of rotatable bonds is 11. The number of carbonyl (C=O) groups excluding carboxylic acids is 2. The first kappa shape index (κ1) is 27.9. The van der Waals surface area contributed by atoms with E-state index >= 15 is 0 Å². The standard InChI is InChI=1S/C24H32FN3O6S/c1-16(2)26-24(30)17(3)27(14-18-9-7-8-10-20(18)25)23(29)15-28(35(6,31)32)21-12-11-19(33-4)13-22(21)34-5/h7-13,16-17H,14-15H2,1-6H3,(H,26,30). The zero-order valence-corrected chi connectivity index (χ0v) is 21.6. The quantitative estimate of drug-likeness (QED) is 0.499. The van der Waals surface area contributed by atoms with Crippen LogP contribution in [0.1, 0.15) is 26.3 Å². The molecule has 0 aliphatic heterocycles. The minimum absolute atomic E-state index is 0.120. The summed E-state index contributed by atoms with van der Waals surface area (Å²) in [5.74, 6) is -1.07. The van der Waals surface area contributed by atoms with Crippen molar-refractivity contribution in [3.63, 3.8) is 0 Å². The van der Waals surface area contributed by atoms with Gasteiger partial charge in [0.05, 0.1) is 26.2 Å². The first-order chi connectivity index (χ1) is 16.4. The Morgan fingerprint density at radius 2 is 1.71 bits per heavy atom. The van der Waals surface area contributed by atoms with E-state index in [0.717, 1.165) is 15.5 Å². The van der Waals surface area contributed by atoms with E-state index in [2.05, 4.69) is 5.32 Å². The van der Waals surface area contributed by atoms with Crippen LogP contribution < -0.4 is 19.1 Å². The maximum Gasteiger partial charge on any atom is 0.244 e. The van der Waals surface area contributed by atoms with Gasteiger partial charge in [-0.1, -0.05) is 18.2 Å². The molecule has 0 aliphatic carbocycles. The molecule has 0 saturated heterocycles. The predicted octanol–water partition coefficient (Wildman–Crippen LogP) is 2.55. The predicted molar refractivity (Wildman–Crippen MR) is 131 cm³/mol. The molecule has 0 heterocycles. The third-order valence-electron chi connectivity index (χ3n) is 5.23. The Balaban J connectivity index is 2.48. The number of hydrogen-bond acceptors (Lipinski definition) is 6. The number of benzene rings is 2. The molecule has 0 radical (unpaired) electrons. The summed E-state index contributed by atoms with van der Waals surface area (Å²) in [7, 11) is -1.13. The van der Waals surface area contributed by atoms with Crippen LogP contribution in [0.4, 0.5) is 10.1 Å². The summed E-state index contributed by atoms with van der Waals surface area (Å²) in [6, 6.07) is 9.19. The second-order valence-corrected chi connectivity index (χ2v) is 10.2. The molecule has 2 aromatic rings. The number of nitrogens with zero attached hydrogens (tertiary/aromatic N) is 2. The van der Waals surface area contributed by atoms with Crippen LogP contribution in [-0.2, 0) is 26.2 Å². The molecule has 1 atom stereocenters. The minimum atomic E-state index is -3.95. The van der Waals surface area contributed by atoms with Gasteiger partial charge in [-0.2, -0.15) is 0 Å². The molecule has 11 heteroatoms. The Hall–Kier alpha value is -3.34. The number of sulfonamides is 1. The van der Waals surface area contributed by atoms with E-state index in [1.807, 2.05) is 0 Å².